The molecule has 172 valence electrons. The van der Waals surface area contributed by atoms with Crippen LogP contribution in [0.25, 0.3) is 6.08 Å². The zero-order valence-electron chi connectivity index (χ0n) is 18.2. The fourth-order valence-corrected chi connectivity index (χ4v) is 3.78. The van der Waals surface area contributed by atoms with Gasteiger partial charge in [0.25, 0.3) is 17.1 Å². The maximum absolute atomic E-state index is 12.4. The van der Waals surface area contributed by atoms with E-state index < -0.39 is 23.7 Å². The van der Waals surface area contributed by atoms with Crippen molar-refractivity contribution in [2.45, 2.75) is 6.92 Å². The molecule has 0 spiro atoms. The predicted molar refractivity (Wildman–Crippen MR) is 123 cm³/mol. The molecule has 0 radical (unpaired) electrons. The summed E-state index contributed by atoms with van der Waals surface area (Å²) in [6.45, 7) is 1.26. The van der Waals surface area contributed by atoms with E-state index in [4.69, 9.17) is 9.47 Å². The molecular weight excluding hydrogens is 448 g/mol. The molecule has 1 aliphatic heterocycles. The average Bonchev–Trinajstić information content (AvgIpc) is 3.05. The molecule has 0 aliphatic carbocycles. The van der Waals surface area contributed by atoms with E-state index in [9.17, 15) is 19.2 Å². The number of benzene rings is 2. The molecule has 33 heavy (non-hydrogen) atoms. The molecular formula is C23H22N2O7S. The van der Waals surface area contributed by atoms with Crippen LogP contribution in [0.5, 0.6) is 11.5 Å². The lowest BCUT2D eigenvalue weighted by Crippen LogP contribution is -2.34. The number of rotatable bonds is 8. The fourth-order valence-electron chi connectivity index (χ4n) is 2.94. The number of nitrogens with zero attached hydrogens (tertiary/aromatic N) is 1. The Labute approximate surface area is 194 Å². The summed E-state index contributed by atoms with van der Waals surface area (Å²) in [5.74, 6) is -0.907. The first-order chi connectivity index (χ1) is 15.8. The SMILES string of the molecule is COC(=O)CN1C(=O)S/C(=C\c2ccc(OCC(=O)Nc3cccc(C)c3)c(OC)c2)C1=O. The van der Waals surface area contributed by atoms with Gasteiger partial charge in [-0.3, -0.25) is 24.1 Å². The number of carbonyl (C=O) groups is 4. The maximum atomic E-state index is 12.4. The average molecular weight is 471 g/mol. The first kappa shape index (κ1) is 23.9. The molecule has 1 heterocycles. The van der Waals surface area contributed by atoms with E-state index in [0.717, 1.165) is 22.2 Å². The lowest BCUT2D eigenvalue weighted by molar-refractivity contribution is -0.143. The second kappa shape index (κ2) is 10.7. The van der Waals surface area contributed by atoms with Crippen molar-refractivity contribution in [3.8, 4) is 11.5 Å². The standard InChI is InChI=1S/C23H22N2O7S/c1-14-5-4-6-16(9-14)24-20(26)13-32-17-8-7-15(10-18(17)30-2)11-19-22(28)25(23(29)33-19)12-21(27)31-3/h4-11H,12-13H2,1-3H3,(H,24,26)/b19-11-. The Hall–Kier alpha value is -3.79. The molecule has 1 N–H and O–H groups in total. The van der Waals surface area contributed by atoms with Gasteiger partial charge in [-0.15, -0.1) is 0 Å². The molecule has 0 aromatic heterocycles. The van der Waals surface area contributed by atoms with Crippen molar-refractivity contribution in [2.24, 2.45) is 0 Å². The minimum atomic E-state index is -0.687. The van der Waals surface area contributed by atoms with Crippen LogP contribution in [-0.2, 0) is 19.1 Å². The number of aryl methyl sites for hydroxylation is 1. The summed E-state index contributed by atoms with van der Waals surface area (Å²) < 4.78 is 15.4. The monoisotopic (exact) mass is 470 g/mol. The lowest BCUT2D eigenvalue weighted by atomic mass is 10.2. The molecule has 2 aromatic carbocycles. The number of nitrogens with one attached hydrogen (secondary N) is 1. The molecule has 2 aromatic rings. The number of methoxy groups -OCH3 is 2. The van der Waals surface area contributed by atoms with Gasteiger partial charge < -0.3 is 19.5 Å². The van der Waals surface area contributed by atoms with Crippen LogP contribution in [0.15, 0.2) is 47.4 Å². The third-order valence-corrected chi connectivity index (χ3v) is 5.44. The third kappa shape index (κ3) is 6.13. The van der Waals surface area contributed by atoms with Crippen LogP contribution in [0.2, 0.25) is 0 Å². The van der Waals surface area contributed by atoms with Crippen LogP contribution in [0.3, 0.4) is 0 Å². The van der Waals surface area contributed by atoms with Crippen molar-refractivity contribution in [3.05, 3.63) is 58.5 Å². The topological polar surface area (TPSA) is 111 Å². The number of amides is 3. The van der Waals surface area contributed by atoms with Crippen LogP contribution in [0.4, 0.5) is 10.5 Å². The molecule has 0 saturated carbocycles. The highest BCUT2D eigenvalue weighted by Crippen LogP contribution is 2.34. The molecule has 1 saturated heterocycles. The summed E-state index contributed by atoms with van der Waals surface area (Å²) in [5.41, 5.74) is 2.27. The van der Waals surface area contributed by atoms with E-state index in [1.165, 1.54) is 20.3 Å². The normalized spacial score (nSPS) is 14.4. The highest BCUT2D eigenvalue weighted by Gasteiger charge is 2.36. The Morgan fingerprint density at radius 3 is 2.58 bits per heavy atom. The number of anilines is 1. The number of thioether (sulfide) groups is 1. The van der Waals surface area contributed by atoms with Gasteiger partial charge in [-0.1, -0.05) is 18.2 Å². The smallest absolute Gasteiger partial charge is 0.325 e. The number of esters is 1. The minimum Gasteiger partial charge on any atom is -0.493 e. The summed E-state index contributed by atoms with van der Waals surface area (Å²) in [5, 5.41) is 2.20. The van der Waals surface area contributed by atoms with Gasteiger partial charge in [-0.25, -0.2) is 0 Å². The maximum Gasteiger partial charge on any atom is 0.325 e. The number of imide groups is 1. The van der Waals surface area contributed by atoms with Gasteiger partial charge in [-0.05, 0) is 60.2 Å². The molecule has 3 rings (SSSR count). The van der Waals surface area contributed by atoms with E-state index >= 15 is 0 Å². The van der Waals surface area contributed by atoms with Crippen molar-refractivity contribution < 1.29 is 33.4 Å². The van der Waals surface area contributed by atoms with Crippen molar-refractivity contribution >= 4 is 46.5 Å². The molecule has 0 bridgehead atoms. The second-order valence-corrected chi connectivity index (χ2v) is 7.95. The Bertz CT molecular complexity index is 1130. The Morgan fingerprint density at radius 2 is 1.88 bits per heavy atom. The first-order valence-electron chi connectivity index (χ1n) is 9.80. The molecule has 10 heteroatoms. The summed E-state index contributed by atoms with van der Waals surface area (Å²) in [6.07, 6.45) is 1.51. The van der Waals surface area contributed by atoms with Crippen LogP contribution < -0.4 is 14.8 Å². The van der Waals surface area contributed by atoms with Crippen LogP contribution in [-0.4, -0.2) is 55.3 Å². The van der Waals surface area contributed by atoms with Gasteiger partial charge in [0, 0.05) is 5.69 Å². The van der Waals surface area contributed by atoms with Gasteiger partial charge >= 0.3 is 5.97 Å². The Morgan fingerprint density at radius 1 is 1.09 bits per heavy atom. The van der Waals surface area contributed by atoms with Gasteiger partial charge in [-0.2, -0.15) is 0 Å². The highest BCUT2D eigenvalue weighted by molar-refractivity contribution is 8.18. The third-order valence-electron chi connectivity index (χ3n) is 4.53. The van der Waals surface area contributed by atoms with Gasteiger partial charge in [0.2, 0.25) is 0 Å². The predicted octanol–water partition coefficient (Wildman–Crippen LogP) is 3.23. The molecule has 0 unspecified atom stereocenters. The van der Waals surface area contributed by atoms with Gasteiger partial charge in [0.05, 0.1) is 19.1 Å². The summed E-state index contributed by atoms with van der Waals surface area (Å²) in [7, 11) is 2.63. The number of ether oxygens (including phenoxy) is 3. The summed E-state index contributed by atoms with van der Waals surface area (Å²) in [4.78, 5) is 49.1. The van der Waals surface area contributed by atoms with Crippen molar-refractivity contribution in [1.29, 1.82) is 0 Å². The van der Waals surface area contributed by atoms with Crippen molar-refractivity contribution in [2.75, 3.05) is 32.7 Å². The Balaban J connectivity index is 1.67. The number of hydrogen-bond acceptors (Lipinski definition) is 8. The van der Waals surface area contributed by atoms with E-state index in [-0.39, 0.29) is 17.4 Å². The quantitative estimate of drug-likeness (QED) is 0.462. The second-order valence-electron chi connectivity index (χ2n) is 6.96. The Kier molecular flexibility index (Phi) is 7.73. The summed E-state index contributed by atoms with van der Waals surface area (Å²) in [6, 6.07) is 12.3. The summed E-state index contributed by atoms with van der Waals surface area (Å²) >= 11 is 0.729. The van der Waals surface area contributed by atoms with Crippen molar-refractivity contribution in [3.63, 3.8) is 0 Å². The number of hydrogen-bond donors (Lipinski definition) is 1. The molecule has 9 nitrogen and oxygen atoms in total. The van der Waals surface area contributed by atoms with Crippen LogP contribution in [0.1, 0.15) is 11.1 Å². The zero-order valence-corrected chi connectivity index (χ0v) is 19.1. The molecule has 0 atom stereocenters. The lowest BCUT2D eigenvalue weighted by Gasteiger charge is -2.12. The van der Waals surface area contributed by atoms with Crippen LogP contribution >= 0.6 is 11.8 Å². The highest BCUT2D eigenvalue weighted by atomic mass is 32.2. The molecule has 1 aliphatic rings. The molecule has 1 fully saturated rings. The van der Waals surface area contributed by atoms with E-state index in [0.29, 0.717) is 22.7 Å². The van der Waals surface area contributed by atoms with Crippen molar-refractivity contribution in [1.82, 2.24) is 4.90 Å². The zero-order chi connectivity index (χ0) is 24.0. The van der Waals surface area contributed by atoms with Gasteiger partial charge in [0.1, 0.15) is 6.54 Å². The molecule has 3 amide bonds. The van der Waals surface area contributed by atoms with Gasteiger partial charge in [0.15, 0.2) is 18.1 Å². The van der Waals surface area contributed by atoms with E-state index in [1.807, 2.05) is 25.1 Å². The number of carbonyl (C=O) groups excluding carboxylic acids is 4. The van der Waals surface area contributed by atoms with E-state index in [2.05, 4.69) is 10.1 Å². The van der Waals surface area contributed by atoms with Crippen LogP contribution in [0, 0.1) is 6.92 Å². The first-order valence-corrected chi connectivity index (χ1v) is 10.6. The largest absolute Gasteiger partial charge is 0.493 e. The van der Waals surface area contributed by atoms with E-state index in [1.54, 1.807) is 24.3 Å². The minimum absolute atomic E-state index is 0.164. The fraction of sp³-hybridized carbons (Fsp3) is 0.217.